The molecule has 1 aliphatic rings. The maximum atomic E-state index is 5.63. The standard InChI is InChI=1S/C8H15IO/c1-8(2)4-3-5-10-7(8)6-9/h7H,3-6H2,1-2H3. The van der Waals surface area contributed by atoms with E-state index in [1.54, 1.807) is 0 Å². The summed E-state index contributed by atoms with van der Waals surface area (Å²) in [4.78, 5) is 0. The van der Waals surface area contributed by atoms with Crippen molar-refractivity contribution in [2.24, 2.45) is 5.41 Å². The number of hydrogen-bond donors (Lipinski definition) is 0. The first kappa shape index (κ1) is 8.78. The molecule has 0 aromatic carbocycles. The van der Waals surface area contributed by atoms with E-state index in [1.165, 1.54) is 12.8 Å². The second-order valence-electron chi connectivity index (χ2n) is 3.61. The van der Waals surface area contributed by atoms with Crippen LogP contribution in [0.15, 0.2) is 0 Å². The van der Waals surface area contributed by atoms with Gasteiger partial charge in [0.05, 0.1) is 6.10 Å². The van der Waals surface area contributed by atoms with Gasteiger partial charge in [-0.15, -0.1) is 0 Å². The van der Waals surface area contributed by atoms with Crippen molar-refractivity contribution in [3.8, 4) is 0 Å². The van der Waals surface area contributed by atoms with Crippen LogP contribution < -0.4 is 0 Å². The normalized spacial score (nSPS) is 32.1. The zero-order chi connectivity index (χ0) is 7.61. The van der Waals surface area contributed by atoms with Gasteiger partial charge < -0.3 is 4.74 Å². The molecule has 1 unspecified atom stereocenters. The Bertz CT molecular complexity index is 112. The number of alkyl halides is 1. The Morgan fingerprint density at radius 2 is 2.30 bits per heavy atom. The summed E-state index contributed by atoms with van der Waals surface area (Å²) in [6.07, 6.45) is 3.04. The van der Waals surface area contributed by atoms with E-state index in [2.05, 4.69) is 36.4 Å². The molecule has 1 heterocycles. The first-order chi connectivity index (χ1) is 4.67. The highest BCUT2D eigenvalue weighted by Crippen LogP contribution is 2.33. The van der Waals surface area contributed by atoms with E-state index in [0.717, 1.165) is 11.0 Å². The fourth-order valence-corrected chi connectivity index (χ4v) is 2.84. The molecule has 1 saturated heterocycles. The Kier molecular flexibility index (Phi) is 2.98. The van der Waals surface area contributed by atoms with E-state index in [9.17, 15) is 0 Å². The van der Waals surface area contributed by atoms with Gasteiger partial charge in [-0.1, -0.05) is 36.4 Å². The molecule has 0 spiro atoms. The van der Waals surface area contributed by atoms with Crippen molar-refractivity contribution in [2.75, 3.05) is 11.0 Å². The van der Waals surface area contributed by atoms with Gasteiger partial charge in [0, 0.05) is 11.0 Å². The minimum atomic E-state index is 0.416. The predicted molar refractivity (Wildman–Crippen MR) is 51.6 cm³/mol. The third-order valence-corrected chi connectivity index (χ3v) is 3.10. The highest BCUT2D eigenvalue weighted by molar-refractivity contribution is 14.1. The minimum Gasteiger partial charge on any atom is -0.377 e. The van der Waals surface area contributed by atoms with Crippen molar-refractivity contribution in [3.63, 3.8) is 0 Å². The van der Waals surface area contributed by atoms with E-state index >= 15 is 0 Å². The van der Waals surface area contributed by atoms with Gasteiger partial charge in [-0.3, -0.25) is 0 Å². The molecular weight excluding hydrogens is 239 g/mol. The molecule has 0 bridgehead atoms. The van der Waals surface area contributed by atoms with Crippen molar-refractivity contribution >= 4 is 22.6 Å². The molecule has 0 amide bonds. The smallest absolute Gasteiger partial charge is 0.0715 e. The number of halogens is 1. The van der Waals surface area contributed by atoms with E-state index in [-0.39, 0.29) is 0 Å². The summed E-state index contributed by atoms with van der Waals surface area (Å²) in [5.41, 5.74) is 0.416. The maximum Gasteiger partial charge on any atom is 0.0715 e. The Hall–Kier alpha value is 0.690. The predicted octanol–water partition coefficient (Wildman–Crippen LogP) is 2.63. The van der Waals surface area contributed by atoms with Gasteiger partial charge >= 0.3 is 0 Å². The van der Waals surface area contributed by atoms with Crippen LogP contribution in [0.4, 0.5) is 0 Å². The summed E-state index contributed by atoms with van der Waals surface area (Å²) in [5.74, 6) is 0. The molecule has 1 fully saturated rings. The molecule has 0 N–H and O–H groups in total. The molecule has 1 rings (SSSR count). The average Bonchev–Trinajstić information content (AvgIpc) is 1.87. The van der Waals surface area contributed by atoms with Gasteiger partial charge in [0.2, 0.25) is 0 Å². The molecule has 10 heavy (non-hydrogen) atoms. The van der Waals surface area contributed by atoms with Crippen molar-refractivity contribution < 1.29 is 4.74 Å². The van der Waals surface area contributed by atoms with Crippen LogP contribution in [-0.2, 0) is 4.74 Å². The van der Waals surface area contributed by atoms with Gasteiger partial charge in [0.1, 0.15) is 0 Å². The first-order valence-corrected chi connectivity index (χ1v) is 5.37. The maximum absolute atomic E-state index is 5.63. The summed E-state index contributed by atoms with van der Waals surface area (Å²) in [6, 6.07) is 0. The molecular formula is C8H15IO. The molecule has 1 nitrogen and oxygen atoms in total. The summed E-state index contributed by atoms with van der Waals surface area (Å²) < 4.78 is 6.76. The van der Waals surface area contributed by atoms with E-state index in [4.69, 9.17) is 4.74 Å². The lowest BCUT2D eigenvalue weighted by Crippen LogP contribution is -2.37. The van der Waals surface area contributed by atoms with Crippen LogP contribution in [0.1, 0.15) is 26.7 Å². The molecule has 0 saturated carbocycles. The van der Waals surface area contributed by atoms with E-state index in [0.29, 0.717) is 11.5 Å². The molecule has 60 valence electrons. The lowest BCUT2D eigenvalue weighted by molar-refractivity contribution is -0.0510. The van der Waals surface area contributed by atoms with Gasteiger partial charge in [-0.05, 0) is 18.3 Å². The summed E-state index contributed by atoms with van der Waals surface area (Å²) >= 11 is 2.41. The van der Waals surface area contributed by atoms with E-state index in [1.807, 2.05) is 0 Å². The molecule has 1 aliphatic heterocycles. The molecule has 1 atom stereocenters. The van der Waals surface area contributed by atoms with Gasteiger partial charge in [-0.2, -0.15) is 0 Å². The summed E-state index contributed by atoms with van der Waals surface area (Å²) in [7, 11) is 0. The zero-order valence-electron chi connectivity index (χ0n) is 6.69. The largest absolute Gasteiger partial charge is 0.377 e. The van der Waals surface area contributed by atoms with Crippen LogP contribution in [0.2, 0.25) is 0 Å². The average molecular weight is 254 g/mol. The quantitative estimate of drug-likeness (QED) is 0.516. The van der Waals surface area contributed by atoms with Crippen LogP contribution >= 0.6 is 22.6 Å². The zero-order valence-corrected chi connectivity index (χ0v) is 8.85. The molecule has 0 aliphatic carbocycles. The second kappa shape index (κ2) is 3.39. The number of rotatable bonds is 1. The molecule has 0 aromatic rings. The van der Waals surface area contributed by atoms with Crippen LogP contribution in [0, 0.1) is 5.41 Å². The van der Waals surface area contributed by atoms with Crippen LogP contribution in [0.3, 0.4) is 0 Å². The second-order valence-corrected chi connectivity index (χ2v) is 4.49. The molecule has 0 radical (unpaired) electrons. The lowest BCUT2D eigenvalue weighted by atomic mass is 9.81. The third-order valence-electron chi connectivity index (χ3n) is 2.30. The van der Waals surface area contributed by atoms with Crippen molar-refractivity contribution in [1.29, 1.82) is 0 Å². The van der Waals surface area contributed by atoms with Crippen LogP contribution in [0.25, 0.3) is 0 Å². The Balaban J connectivity index is 2.51. The Labute approximate surface area is 76.7 Å². The Morgan fingerprint density at radius 1 is 1.60 bits per heavy atom. The first-order valence-electron chi connectivity index (χ1n) is 3.84. The van der Waals surface area contributed by atoms with Gasteiger partial charge in [0.25, 0.3) is 0 Å². The SMILES string of the molecule is CC1(C)CCCOC1CI. The van der Waals surface area contributed by atoms with E-state index < -0.39 is 0 Å². The van der Waals surface area contributed by atoms with Crippen molar-refractivity contribution in [2.45, 2.75) is 32.8 Å². The van der Waals surface area contributed by atoms with Crippen LogP contribution in [0.5, 0.6) is 0 Å². The van der Waals surface area contributed by atoms with Crippen molar-refractivity contribution in [3.05, 3.63) is 0 Å². The number of ether oxygens (including phenoxy) is 1. The topological polar surface area (TPSA) is 9.23 Å². The summed E-state index contributed by atoms with van der Waals surface area (Å²) in [5, 5.41) is 0. The number of hydrogen-bond acceptors (Lipinski definition) is 1. The van der Waals surface area contributed by atoms with Gasteiger partial charge in [-0.25, -0.2) is 0 Å². The van der Waals surface area contributed by atoms with Crippen molar-refractivity contribution in [1.82, 2.24) is 0 Å². The minimum absolute atomic E-state index is 0.416. The lowest BCUT2D eigenvalue weighted by Gasteiger charge is -2.37. The fourth-order valence-electron chi connectivity index (χ4n) is 1.39. The highest BCUT2D eigenvalue weighted by atomic mass is 127. The third kappa shape index (κ3) is 1.84. The monoisotopic (exact) mass is 254 g/mol. The molecule has 2 heteroatoms. The highest BCUT2D eigenvalue weighted by Gasteiger charge is 2.31. The molecule has 0 aromatic heterocycles. The van der Waals surface area contributed by atoms with Gasteiger partial charge in [0.15, 0.2) is 0 Å². The Morgan fingerprint density at radius 3 is 2.70 bits per heavy atom. The fraction of sp³-hybridized carbons (Fsp3) is 1.00. The van der Waals surface area contributed by atoms with Crippen LogP contribution in [-0.4, -0.2) is 17.1 Å². The summed E-state index contributed by atoms with van der Waals surface area (Å²) in [6.45, 7) is 5.57.